The van der Waals surface area contributed by atoms with Gasteiger partial charge in [0.1, 0.15) is 5.75 Å². The highest BCUT2D eigenvalue weighted by Gasteiger charge is 2.22. The zero-order valence-corrected chi connectivity index (χ0v) is 13.0. The molecular formula is C17H26O3. The fourth-order valence-corrected chi connectivity index (χ4v) is 2.12. The van der Waals surface area contributed by atoms with E-state index in [-0.39, 0.29) is 11.8 Å². The first-order valence-electron chi connectivity index (χ1n) is 7.40. The second-order valence-corrected chi connectivity index (χ2v) is 5.69. The molecule has 0 aliphatic carbocycles. The van der Waals surface area contributed by atoms with Gasteiger partial charge in [0.15, 0.2) is 0 Å². The summed E-state index contributed by atoms with van der Waals surface area (Å²) in [5.41, 5.74) is 2.13. The van der Waals surface area contributed by atoms with Crippen LogP contribution in [0.3, 0.4) is 0 Å². The van der Waals surface area contributed by atoms with Crippen LogP contribution in [0, 0.1) is 18.8 Å². The van der Waals surface area contributed by atoms with Crippen LogP contribution in [0.5, 0.6) is 5.75 Å². The van der Waals surface area contributed by atoms with Gasteiger partial charge in [-0.05, 0) is 42.9 Å². The first-order chi connectivity index (χ1) is 9.45. The van der Waals surface area contributed by atoms with E-state index in [4.69, 9.17) is 4.74 Å². The zero-order chi connectivity index (χ0) is 15.1. The Bertz CT molecular complexity index is 438. The number of unbranched alkanes of at least 4 members (excludes halogenated alkanes) is 1. The van der Waals surface area contributed by atoms with Crippen LogP contribution in [-0.2, 0) is 11.2 Å². The average molecular weight is 278 g/mol. The van der Waals surface area contributed by atoms with Crippen molar-refractivity contribution in [1.82, 2.24) is 0 Å². The predicted molar refractivity (Wildman–Crippen MR) is 81.2 cm³/mol. The molecule has 0 saturated carbocycles. The third-order valence-corrected chi connectivity index (χ3v) is 3.59. The Labute approximate surface area is 122 Å². The molecule has 0 amide bonds. The largest absolute Gasteiger partial charge is 0.493 e. The molecule has 3 heteroatoms. The van der Waals surface area contributed by atoms with Crippen molar-refractivity contribution in [3.05, 3.63) is 29.3 Å². The number of carbonyl (C=O) groups is 1. The summed E-state index contributed by atoms with van der Waals surface area (Å²) in [6.45, 7) is 8.76. The van der Waals surface area contributed by atoms with Gasteiger partial charge in [-0.1, -0.05) is 39.3 Å². The Morgan fingerprint density at radius 3 is 2.60 bits per heavy atom. The fourth-order valence-electron chi connectivity index (χ4n) is 2.12. The summed E-state index contributed by atoms with van der Waals surface area (Å²) in [6, 6.07) is 6.00. The third-order valence-electron chi connectivity index (χ3n) is 3.59. The number of aliphatic carboxylic acids is 1. The highest BCUT2D eigenvalue weighted by molar-refractivity contribution is 5.70. The Kier molecular flexibility index (Phi) is 6.56. The maximum Gasteiger partial charge on any atom is 0.307 e. The number of hydrogen-bond donors (Lipinski definition) is 1. The molecule has 1 N–H and O–H groups in total. The van der Waals surface area contributed by atoms with Crippen LogP contribution in [0.25, 0.3) is 0 Å². The van der Waals surface area contributed by atoms with Crippen molar-refractivity contribution in [3.8, 4) is 5.75 Å². The molecular weight excluding hydrogens is 252 g/mol. The minimum absolute atomic E-state index is 0.123. The van der Waals surface area contributed by atoms with Crippen LogP contribution in [0.15, 0.2) is 18.2 Å². The molecule has 0 heterocycles. The molecule has 0 aliphatic rings. The maximum absolute atomic E-state index is 11.3. The van der Waals surface area contributed by atoms with E-state index in [1.165, 1.54) is 0 Å². The van der Waals surface area contributed by atoms with Crippen LogP contribution >= 0.6 is 0 Å². The summed E-state index contributed by atoms with van der Waals surface area (Å²) >= 11 is 0. The van der Waals surface area contributed by atoms with Gasteiger partial charge >= 0.3 is 5.97 Å². The van der Waals surface area contributed by atoms with Gasteiger partial charge in [-0.15, -0.1) is 0 Å². The molecule has 1 aromatic rings. The van der Waals surface area contributed by atoms with Gasteiger partial charge in [0.2, 0.25) is 0 Å². The monoisotopic (exact) mass is 278 g/mol. The van der Waals surface area contributed by atoms with Crippen LogP contribution in [-0.4, -0.2) is 17.7 Å². The summed E-state index contributed by atoms with van der Waals surface area (Å²) in [5, 5.41) is 9.27. The Morgan fingerprint density at radius 1 is 1.35 bits per heavy atom. The molecule has 1 atom stereocenters. The quantitative estimate of drug-likeness (QED) is 0.729. The molecule has 20 heavy (non-hydrogen) atoms. The van der Waals surface area contributed by atoms with Crippen molar-refractivity contribution in [2.45, 2.75) is 47.0 Å². The van der Waals surface area contributed by atoms with E-state index < -0.39 is 5.97 Å². The maximum atomic E-state index is 11.3. The van der Waals surface area contributed by atoms with Gasteiger partial charge in [0.05, 0.1) is 12.5 Å². The molecule has 1 rings (SSSR count). The number of rotatable bonds is 8. The average Bonchev–Trinajstić information content (AvgIpc) is 2.38. The van der Waals surface area contributed by atoms with E-state index in [0.29, 0.717) is 13.0 Å². The lowest BCUT2D eigenvalue weighted by molar-refractivity contribution is -0.143. The molecule has 0 aromatic heterocycles. The summed E-state index contributed by atoms with van der Waals surface area (Å²) in [5.74, 6) is -0.0719. The van der Waals surface area contributed by atoms with Gasteiger partial charge in [0.25, 0.3) is 0 Å². The first kappa shape index (κ1) is 16.5. The zero-order valence-electron chi connectivity index (χ0n) is 13.0. The first-order valence-corrected chi connectivity index (χ1v) is 7.40. The molecule has 1 unspecified atom stereocenters. The highest BCUT2D eigenvalue weighted by Crippen LogP contribution is 2.24. The van der Waals surface area contributed by atoms with E-state index in [9.17, 15) is 9.90 Å². The summed E-state index contributed by atoms with van der Waals surface area (Å²) in [7, 11) is 0. The van der Waals surface area contributed by atoms with Crippen molar-refractivity contribution in [1.29, 1.82) is 0 Å². The van der Waals surface area contributed by atoms with Crippen molar-refractivity contribution in [2.75, 3.05) is 6.61 Å². The lowest BCUT2D eigenvalue weighted by Gasteiger charge is -2.17. The van der Waals surface area contributed by atoms with Gasteiger partial charge in [-0.2, -0.15) is 0 Å². The van der Waals surface area contributed by atoms with Crippen molar-refractivity contribution < 1.29 is 14.6 Å². The van der Waals surface area contributed by atoms with Crippen molar-refractivity contribution in [3.63, 3.8) is 0 Å². The van der Waals surface area contributed by atoms with E-state index in [2.05, 4.69) is 6.92 Å². The number of carboxylic acids is 1. The lowest BCUT2D eigenvalue weighted by atomic mass is 9.89. The molecule has 1 aromatic carbocycles. The highest BCUT2D eigenvalue weighted by atomic mass is 16.5. The normalized spacial score (nSPS) is 12.4. The van der Waals surface area contributed by atoms with Crippen LogP contribution < -0.4 is 4.74 Å². The number of ether oxygens (including phenoxy) is 1. The van der Waals surface area contributed by atoms with Crippen LogP contribution in [0.1, 0.15) is 44.7 Å². The molecule has 0 fully saturated rings. The minimum Gasteiger partial charge on any atom is -0.493 e. The lowest BCUT2D eigenvalue weighted by Crippen LogP contribution is -2.22. The van der Waals surface area contributed by atoms with Crippen LogP contribution in [0.2, 0.25) is 0 Å². The second-order valence-electron chi connectivity index (χ2n) is 5.69. The molecule has 0 saturated heterocycles. The van der Waals surface area contributed by atoms with E-state index in [0.717, 1.165) is 29.7 Å². The number of hydrogen-bond acceptors (Lipinski definition) is 2. The molecule has 0 radical (unpaired) electrons. The summed E-state index contributed by atoms with van der Waals surface area (Å²) in [6.07, 6.45) is 2.69. The number of benzene rings is 1. The number of aryl methyl sites for hydroxylation is 1. The Hall–Kier alpha value is -1.51. The smallest absolute Gasteiger partial charge is 0.307 e. The SMILES string of the molecule is CCCCOc1cc(CC(C(=O)O)C(C)C)ccc1C. The Balaban J connectivity index is 2.80. The molecule has 112 valence electrons. The predicted octanol–water partition coefficient (Wildman–Crippen LogP) is 4.07. The third kappa shape index (κ3) is 4.87. The second kappa shape index (κ2) is 7.93. The van der Waals surface area contributed by atoms with E-state index >= 15 is 0 Å². The van der Waals surface area contributed by atoms with Gasteiger partial charge < -0.3 is 9.84 Å². The van der Waals surface area contributed by atoms with E-state index in [1.54, 1.807) is 0 Å². The standard InChI is InChI=1S/C17H26O3/c1-5-6-9-20-16-11-14(8-7-13(16)4)10-15(12(2)3)17(18)19/h7-8,11-12,15H,5-6,9-10H2,1-4H3,(H,18,19). The number of carboxylic acid groups (broad SMARTS) is 1. The van der Waals surface area contributed by atoms with Crippen LogP contribution in [0.4, 0.5) is 0 Å². The Morgan fingerprint density at radius 2 is 2.05 bits per heavy atom. The van der Waals surface area contributed by atoms with Crippen molar-refractivity contribution in [2.24, 2.45) is 11.8 Å². The van der Waals surface area contributed by atoms with Gasteiger partial charge in [-0.3, -0.25) is 4.79 Å². The topological polar surface area (TPSA) is 46.5 Å². The summed E-state index contributed by atoms with van der Waals surface area (Å²) < 4.78 is 5.77. The van der Waals surface area contributed by atoms with Crippen molar-refractivity contribution >= 4 is 5.97 Å². The molecule has 0 bridgehead atoms. The fraction of sp³-hybridized carbons (Fsp3) is 0.588. The van der Waals surface area contributed by atoms with Gasteiger partial charge in [-0.25, -0.2) is 0 Å². The van der Waals surface area contributed by atoms with E-state index in [1.807, 2.05) is 39.0 Å². The molecule has 0 aliphatic heterocycles. The molecule has 3 nitrogen and oxygen atoms in total. The summed E-state index contributed by atoms with van der Waals surface area (Å²) in [4.78, 5) is 11.3. The molecule has 0 spiro atoms. The minimum atomic E-state index is -0.728. The van der Waals surface area contributed by atoms with Gasteiger partial charge in [0, 0.05) is 0 Å².